The number of hydrogen-bond donors (Lipinski definition) is 2. The number of hydrogen-bond acceptors (Lipinski definition) is 5. The lowest BCUT2D eigenvalue weighted by Crippen LogP contribution is -2.48. The van der Waals surface area contributed by atoms with Crippen LogP contribution >= 0.6 is 11.8 Å². The molecule has 2 aromatic rings. The SMILES string of the molecule is CSCC[C@H](NC(C)=O)C(=O)NC[C@@H]1Cc2cc(-c3cccc(OC(F)(F)F)c3)ccc2O1. The molecule has 33 heavy (non-hydrogen) atoms. The van der Waals surface area contributed by atoms with Crippen molar-refractivity contribution in [3.63, 3.8) is 0 Å². The molecule has 2 atom stereocenters. The Morgan fingerprint density at radius 2 is 1.97 bits per heavy atom. The first-order chi connectivity index (χ1) is 15.6. The number of alkyl halides is 3. The van der Waals surface area contributed by atoms with Gasteiger partial charge in [-0.05, 0) is 59.4 Å². The Morgan fingerprint density at radius 3 is 2.67 bits per heavy atom. The first-order valence-electron chi connectivity index (χ1n) is 10.3. The average Bonchev–Trinajstić information content (AvgIpc) is 3.16. The molecule has 0 aromatic heterocycles. The largest absolute Gasteiger partial charge is 0.573 e. The van der Waals surface area contributed by atoms with Gasteiger partial charge in [-0.1, -0.05) is 18.2 Å². The molecule has 0 radical (unpaired) electrons. The number of rotatable bonds is 9. The first-order valence-corrected chi connectivity index (χ1v) is 11.7. The standard InChI is InChI=1S/C23H25F3N2O4S/c1-14(29)28-20(8-9-33-2)22(30)27-13-19-12-17-10-16(6-7-21(17)31-19)15-4-3-5-18(11-15)32-23(24,25)26/h3-7,10-11,19-20H,8-9,12-13H2,1-2H3,(H,27,30)(H,28,29)/t19-,20-/m0/s1. The molecule has 178 valence electrons. The number of carbonyl (C=O) groups excluding carboxylic acids is 2. The van der Waals surface area contributed by atoms with E-state index in [9.17, 15) is 22.8 Å². The second-order valence-corrected chi connectivity index (χ2v) is 8.61. The fourth-order valence-electron chi connectivity index (χ4n) is 3.57. The van der Waals surface area contributed by atoms with Crippen molar-refractivity contribution in [2.24, 2.45) is 0 Å². The molecule has 10 heteroatoms. The van der Waals surface area contributed by atoms with Crippen LogP contribution in [0.3, 0.4) is 0 Å². The van der Waals surface area contributed by atoms with Gasteiger partial charge in [0.25, 0.3) is 0 Å². The van der Waals surface area contributed by atoms with E-state index in [4.69, 9.17) is 4.74 Å². The van der Waals surface area contributed by atoms with Gasteiger partial charge in [0.15, 0.2) is 0 Å². The van der Waals surface area contributed by atoms with Gasteiger partial charge in [0.2, 0.25) is 11.8 Å². The molecule has 0 spiro atoms. The topological polar surface area (TPSA) is 76.7 Å². The predicted molar refractivity (Wildman–Crippen MR) is 120 cm³/mol. The van der Waals surface area contributed by atoms with Crippen LogP contribution in [0.2, 0.25) is 0 Å². The molecule has 0 unspecified atom stereocenters. The van der Waals surface area contributed by atoms with Crippen LogP contribution in [-0.4, -0.2) is 48.9 Å². The average molecular weight is 483 g/mol. The number of amides is 2. The van der Waals surface area contributed by atoms with Crippen LogP contribution < -0.4 is 20.1 Å². The van der Waals surface area contributed by atoms with Crippen molar-refractivity contribution in [2.75, 3.05) is 18.6 Å². The molecule has 3 rings (SSSR count). The number of halogens is 3. The number of thioether (sulfide) groups is 1. The normalized spacial score (nSPS) is 15.8. The fraction of sp³-hybridized carbons (Fsp3) is 0.391. The van der Waals surface area contributed by atoms with E-state index in [2.05, 4.69) is 15.4 Å². The van der Waals surface area contributed by atoms with Crippen LogP contribution in [-0.2, 0) is 16.0 Å². The highest BCUT2D eigenvalue weighted by Gasteiger charge is 2.31. The van der Waals surface area contributed by atoms with Crippen molar-refractivity contribution in [3.05, 3.63) is 48.0 Å². The minimum Gasteiger partial charge on any atom is -0.488 e. The smallest absolute Gasteiger partial charge is 0.488 e. The van der Waals surface area contributed by atoms with Gasteiger partial charge in [-0.3, -0.25) is 9.59 Å². The molecule has 0 saturated heterocycles. The molecule has 1 heterocycles. The highest BCUT2D eigenvalue weighted by atomic mass is 32.2. The number of nitrogens with one attached hydrogen (secondary N) is 2. The maximum atomic E-state index is 12.5. The molecule has 1 aliphatic rings. The summed E-state index contributed by atoms with van der Waals surface area (Å²) < 4.78 is 47.4. The summed E-state index contributed by atoms with van der Waals surface area (Å²) in [5.41, 5.74) is 2.22. The van der Waals surface area contributed by atoms with Crippen molar-refractivity contribution in [1.82, 2.24) is 10.6 Å². The van der Waals surface area contributed by atoms with E-state index in [1.807, 2.05) is 12.3 Å². The van der Waals surface area contributed by atoms with E-state index in [0.29, 0.717) is 24.2 Å². The lowest BCUT2D eigenvalue weighted by Gasteiger charge is -2.19. The molecule has 0 aliphatic carbocycles. The van der Waals surface area contributed by atoms with Gasteiger partial charge < -0.3 is 20.1 Å². The van der Waals surface area contributed by atoms with Crippen molar-refractivity contribution < 1.29 is 32.2 Å². The zero-order chi connectivity index (χ0) is 24.0. The van der Waals surface area contributed by atoms with E-state index in [1.54, 1.807) is 30.0 Å². The van der Waals surface area contributed by atoms with Crippen molar-refractivity contribution >= 4 is 23.6 Å². The second kappa shape index (κ2) is 10.8. The summed E-state index contributed by atoms with van der Waals surface area (Å²) in [6, 6.07) is 10.6. The third kappa shape index (κ3) is 7.31. The van der Waals surface area contributed by atoms with Gasteiger partial charge in [-0.2, -0.15) is 11.8 Å². The van der Waals surface area contributed by atoms with E-state index in [-0.39, 0.29) is 30.2 Å². The lowest BCUT2D eigenvalue weighted by molar-refractivity contribution is -0.274. The zero-order valence-electron chi connectivity index (χ0n) is 18.2. The summed E-state index contributed by atoms with van der Waals surface area (Å²) in [5, 5.41) is 5.50. The lowest BCUT2D eigenvalue weighted by atomic mass is 10.0. The third-order valence-electron chi connectivity index (χ3n) is 5.01. The molecule has 2 amide bonds. The summed E-state index contributed by atoms with van der Waals surface area (Å²) in [6.07, 6.45) is -2.04. The maximum absolute atomic E-state index is 12.5. The monoisotopic (exact) mass is 482 g/mol. The van der Waals surface area contributed by atoms with Gasteiger partial charge in [-0.15, -0.1) is 13.2 Å². The van der Waals surface area contributed by atoms with Gasteiger partial charge >= 0.3 is 6.36 Å². The number of fused-ring (bicyclic) bond motifs is 1. The van der Waals surface area contributed by atoms with Crippen LogP contribution in [0.4, 0.5) is 13.2 Å². The third-order valence-corrected chi connectivity index (χ3v) is 5.66. The highest BCUT2D eigenvalue weighted by Crippen LogP contribution is 2.34. The van der Waals surface area contributed by atoms with E-state index in [1.165, 1.54) is 25.1 Å². The highest BCUT2D eigenvalue weighted by molar-refractivity contribution is 7.98. The van der Waals surface area contributed by atoms with Gasteiger partial charge in [0, 0.05) is 13.3 Å². The van der Waals surface area contributed by atoms with Crippen molar-refractivity contribution in [1.29, 1.82) is 0 Å². The minimum atomic E-state index is -4.75. The summed E-state index contributed by atoms with van der Waals surface area (Å²) in [4.78, 5) is 23.9. The molecular formula is C23H25F3N2O4S. The Morgan fingerprint density at radius 1 is 1.21 bits per heavy atom. The molecule has 0 bridgehead atoms. The maximum Gasteiger partial charge on any atom is 0.573 e. The molecule has 0 saturated carbocycles. The first kappa shape index (κ1) is 24.8. The minimum absolute atomic E-state index is 0.263. The Labute approximate surface area is 194 Å². The van der Waals surface area contributed by atoms with Gasteiger partial charge in [0.05, 0.1) is 6.54 Å². The Balaban J connectivity index is 1.61. The van der Waals surface area contributed by atoms with Gasteiger partial charge in [-0.25, -0.2) is 0 Å². The number of benzene rings is 2. The fourth-order valence-corrected chi connectivity index (χ4v) is 4.05. The van der Waals surface area contributed by atoms with E-state index < -0.39 is 12.4 Å². The Hall–Kier alpha value is -2.88. The van der Waals surface area contributed by atoms with Gasteiger partial charge in [0.1, 0.15) is 23.6 Å². The van der Waals surface area contributed by atoms with Crippen LogP contribution in [0.1, 0.15) is 18.9 Å². The summed E-state index contributed by atoms with van der Waals surface area (Å²) in [7, 11) is 0. The van der Waals surface area contributed by atoms with Crippen molar-refractivity contribution in [2.45, 2.75) is 38.3 Å². The summed E-state index contributed by atoms with van der Waals surface area (Å²) >= 11 is 1.59. The van der Waals surface area contributed by atoms with Crippen LogP contribution in [0.5, 0.6) is 11.5 Å². The molecule has 2 aromatic carbocycles. The summed E-state index contributed by atoms with van der Waals surface area (Å²) in [6.45, 7) is 1.64. The zero-order valence-corrected chi connectivity index (χ0v) is 19.0. The Bertz CT molecular complexity index is 1000. The molecule has 2 N–H and O–H groups in total. The van der Waals surface area contributed by atoms with Crippen molar-refractivity contribution in [3.8, 4) is 22.6 Å². The van der Waals surface area contributed by atoms with Crippen LogP contribution in [0.15, 0.2) is 42.5 Å². The summed E-state index contributed by atoms with van der Waals surface area (Å²) in [5.74, 6) is 0.592. The number of ether oxygens (including phenoxy) is 2. The predicted octanol–water partition coefficient (Wildman–Crippen LogP) is 3.93. The quantitative estimate of drug-likeness (QED) is 0.567. The number of carbonyl (C=O) groups is 2. The molecule has 1 aliphatic heterocycles. The van der Waals surface area contributed by atoms with Crippen LogP contribution in [0.25, 0.3) is 11.1 Å². The molecular weight excluding hydrogens is 457 g/mol. The molecule has 6 nitrogen and oxygen atoms in total. The van der Waals surface area contributed by atoms with E-state index in [0.717, 1.165) is 16.9 Å². The Kier molecular flexibility index (Phi) is 8.12. The molecule has 0 fully saturated rings. The van der Waals surface area contributed by atoms with Crippen LogP contribution in [0, 0.1) is 0 Å². The second-order valence-electron chi connectivity index (χ2n) is 7.62. The van der Waals surface area contributed by atoms with E-state index >= 15 is 0 Å².